The second-order valence-corrected chi connectivity index (χ2v) is 6.60. The van der Waals surface area contributed by atoms with Crippen molar-refractivity contribution in [3.05, 3.63) is 64.4 Å². The fourth-order valence-corrected chi connectivity index (χ4v) is 2.59. The Morgan fingerprint density at radius 1 is 1.19 bits per heavy atom. The smallest absolute Gasteiger partial charge is 0.0544 e. The van der Waals surface area contributed by atoms with Crippen LogP contribution in [-0.2, 0) is 13.0 Å². The average molecular weight is 348 g/mol. The zero-order valence-corrected chi connectivity index (χ0v) is 14.2. The molecule has 4 heteroatoms. The summed E-state index contributed by atoms with van der Waals surface area (Å²) in [7, 11) is 2.11. The van der Waals surface area contributed by atoms with Crippen LogP contribution in [0.4, 0.5) is 0 Å². The minimum atomic E-state index is -0.0919. The number of pyridine rings is 1. The maximum absolute atomic E-state index is 6.07. The molecule has 1 heterocycles. The maximum atomic E-state index is 6.07. The van der Waals surface area contributed by atoms with Crippen molar-refractivity contribution in [3.8, 4) is 0 Å². The van der Waals surface area contributed by atoms with Crippen molar-refractivity contribution >= 4 is 15.9 Å². The number of nitrogens with two attached hydrogens (primary N) is 1. The van der Waals surface area contributed by atoms with Crippen molar-refractivity contribution in [1.82, 2.24) is 9.88 Å². The number of rotatable bonds is 6. The van der Waals surface area contributed by atoms with Crippen LogP contribution < -0.4 is 5.73 Å². The summed E-state index contributed by atoms with van der Waals surface area (Å²) < 4.78 is 1.10. The van der Waals surface area contributed by atoms with Crippen LogP contribution in [0.3, 0.4) is 0 Å². The van der Waals surface area contributed by atoms with Crippen molar-refractivity contribution in [2.45, 2.75) is 25.4 Å². The van der Waals surface area contributed by atoms with Crippen molar-refractivity contribution in [1.29, 1.82) is 0 Å². The van der Waals surface area contributed by atoms with Gasteiger partial charge in [-0.25, -0.2) is 0 Å². The fourth-order valence-electron chi connectivity index (χ4n) is 2.33. The molecule has 0 aliphatic carbocycles. The molecule has 1 aromatic heterocycles. The Kier molecular flexibility index (Phi) is 5.51. The number of halogens is 1. The lowest BCUT2D eigenvalue weighted by atomic mass is 9.91. The summed E-state index contributed by atoms with van der Waals surface area (Å²) >= 11 is 3.47. The summed E-state index contributed by atoms with van der Waals surface area (Å²) in [5.41, 5.74) is 8.33. The Balaban J connectivity index is 2.10. The molecule has 2 aromatic rings. The third-order valence-electron chi connectivity index (χ3n) is 3.98. The summed E-state index contributed by atoms with van der Waals surface area (Å²) in [4.78, 5) is 6.69. The fraction of sp³-hybridized carbons (Fsp3) is 0.353. The topological polar surface area (TPSA) is 42.2 Å². The highest BCUT2D eigenvalue weighted by Crippen LogP contribution is 2.21. The van der Waals surface area contributed by atoms with Crippen molar-refractivity contribution < 1.29 is 0 Å². The lowest BCUT2D eigenvalue weighted by Crippen LogP contribution is -2.51. The molecule has 0 aliphatic heterocycles. The van der Waals surface area contributed by atoms with Gasteiger partial charge in [0.25, 0.3) is 0 Å². The van der Waals surface area contributed by atoms with Crippen molar-refractivity contribution in [3.63, 3.8) is 0 Å². The lowest BCUT2D eigenvalue weighted by molar-refractivity contribution is 0.134. The van der Waals surface area contributed by atoms with Gasteiger partial charge in [0.15, 0.2) is 0 Å². The van der Waals surface area contributed by atoms with Crippen LogP contribution in [0.2, 0.25) is 0 Å². The molecule has 0 fully saturated rings. The molecule has 112 valence electrons. The van der Waals surface area contributed by atoms with E-state index in [4.69, 9.17) is 5.73 Å². The minimum absolute atomic E-state index is 0.0919. The number of hydrogen-bond donors (Lipinski definition) is 1. The van der Waals surface area contributed by atoms with Crippen molar-refractivity contribution in [2.24, 2.45) is 5.73 Å². The molecular weight excluding hydrogens is 326 g/mol. The molecule has 0 spiro atoms. The Morgan fingerprint density at radius 3 is 2.48 bits per heavy atom. The zero-order valence-electron chi connectivity index (χ0n) is 12.6. The van der Waals surface area contributed by atoms with E-state index in [9.17, 15) is 0 Å². The van der Waals surface area contributed by atoms with Gasteiger partial charge in [-0.15, -0.1) is 0 Å². The Labute approximate surface area is 135 Å². The van der Waals surface area contributed by atoms with Gasteiger partial charge in [-0.1, -0.05) is 34.1 Å². The number of likely N-dealkylation sites (N-methyl/N-ethyl adjacent to an activating group) is 1. The molecule has 0 aliphatic rings. The number of aromatic nitrogens is 1. The van der Waals surface area contributed by atoms with E-state index in [0.717, 1.165) is 23.1 Å². The van der Waals surface area contributed by atoms with E-state index in [1.807, 2.05) is 24.4 Å². The van der Waals surface area contributed by atoms with Gasteiger partial charge in [-0.05, 0) is 50.2 Å². The summed E-state index contributed by atoms with van der Waals surface area (Å²) in [5, 5.41) is 0. The highest BCUT2D eigenvalue weighted by atomic mass is 79.9. The van der Waals surface area contributed by atoms with Crippen LogP contribution in [0.1, 0.15) is 18.2 Å². The van der Waals surface area contributed by atoms with Crippen molar-refractivity contribution in [2.75, 3.05) is 13.6 Å². The molecule has 0 radical (unpaired) electrons. The molecule has 1 atom stereocenters. The van der Waals surface area contributed by atoms with Gasteiger partial charge >= 0.3 is 0 Å². The van der Waals surface area contributed by atoms with Crippen LogP contribution in [0.15, 0.2) is 53.1 Å². The third-order valence-corrected chi connectivity index (χ3v) is 4.51. The van der Waals surface area contributed by atoms with Crippen LogP contribution in [-0.4, -0.2) is 29.0 Å². The Bertz CT molecular complexity index is 556. The van der Waals surface area contributed by atoms with Gasteiger partial charge in [0.2, 0.25) is 0 Å². The molecule has 3 nitrogen and oxygen atoms in total. The van der Waals surface area contributed by atoms with Gasteiger partial charge in [-0.2, -0.15) is 0 Å². The molecular formula is C17H22BrN3. The van der Waals surface area contributed by atoms with E-state index in [1.54, 1.807) is 0 Å². The van der Waals surface area contributed by atoms with E-state index in [2.05, 4.69) is 64.1 Å². The molecule has 0 saturated heterocycles. The molecule has 0 bridgehead atoms. The average Bonchev–Trinajstić information content (AvgIpc) is 2.50. The highest BCUT2D eigenvalue weighted by molar-refractivity contribution is 9.10. The molecule has 0 amide bonds. The number of nitrogens with zero attached hydrogens (tertiary/aromatic N) is 2. The van der Waals surface area contributed by atoms with E-state index in [1.165, 1.54) is 5.56 Å². The van der Waals surface area contributed by atoms with E-state index in [0.29, 0.717) is 6.54 Å². The largest absolute Gasteiger partial charge is 0.329 e. The van der Waals surface area contributed by atoms with E-state index < -0.39 is 0 Å². The first-order valence-corrected chi connectivity index (χ1v) is 7.88. The minimum Gasteiger partial charge on any atom is -0.329 e. The SMILES string of the molecule is CN(Cc1ccccn1)C(C)(CN)Cc1ccc(Br)cc1. The first kappa shape index (κ1) is 16.1. The summed E-state index contributed by atoms with van der Waals surface area (Å²) in [6.07, 6.45) is 2.75. The van der Waals surface area contributed by atoms with Gasteiger partial charge in [-0.3, -0.25) is 9.88 Å². The van der Waals surface area contributed by atoms with E-state index >= 15 is 0 Å². The third kappa shape index (κ3) is 4.37. The molecule has 21 heavy (non-hydrogen) atoms. The monoisotopic (exact) mass is 347 g/mol. The highest BCUT2D eigenvalue weighted by Gasteiger charge is 2.28. The Hall–Kier alpha value is -1.23. The van der Waals surface area contributed by atoms with Gasteiger partial charge in [0.1, 0.15) is 0 Å². The normalized spacial score (nSPS) is 14.1. The van der Waals surface area contributed by atoms with Crippen LogP contribution >= 0.6 is 15.9 Å². The van der Waals surface area contributed by atoms with Crippen LogP contribution in [0.25, 0.3) is 0 Å². The number of benzene rings is 1. The lowest BCUT2D eigenvalue weighted by Gasteiger charge is -2.38. The standard InChI is InChI=1S/C17H22BrN3/c1-17(13-19,11-14-6-8-15(18)9-7-14)21(2)12-16-5-3-4-10-20-16/h3-10H,11-13,19H2,1-2H3. The predicted molar refractivity (Wildman–Crippen MR) is 91.0 cm³/mol. The van der Waals surface area contributed by atoms with Gasteiger partial charge in [0.05, 0.1) is 5.69 Å². The molecule has 0 saturated carbocycles. The van der Waals surface area contributed by atoms with Crippen LogP contribution in [0.5, 0.6) is 0 Å². The van der Waals surface area contributed by atoms with Gasteiger partial charge in [0, 0.05) is 29.3 Å². The number of hydrogen-bond acceptors (Lipinski definition) is 3. The summed E-state index contributed by atoms with van der Waals surface area (Å²) in [5.74, 6) is 0. The first-order valence-electron chi connectivity index (χ1n) is 7.09. The summed E-state index contributed by atoms with van der Waals surface area (Å²) in [6.45, 7) is 3.61. The summed E-state index contributed by atoms with van der Waals surface area (Å²) in [6, 6.07) is 14.4. The quantitative estimate of drug-likeness (QED) is 0.872. The maximum Gasteiger partial charge on any atom is 0.0544 e. The second kappa shape index (κ2) is 7.16. The Morgan fingerprint density at radius 2 is 1.90 bits per heavy atom. The van der Waals surface area contributed by atoms with E-state index in [-0.39, 0.29) is 5.54 Å². The first-order chi connectivity index (χ1) is 10.0. The second-order valence-electron chi connectivity index (χ2n) is 5.68. The molecule has 1 aromatic carbocycles. The van der Waals surface area contributed by atoms with Gasteiger partial charge < -0.3 is 5.73 Å². The molecule has 2 rings (SSSR count). The molecule has 1 unspecified atom stereocenters. The predicted octanol–water partition coefficient (Wildman–Crippen LogP) is 3.24. The van der Waals surface area contributed by atoms with Crippen LogP contribution in [0, 0.1) is 0 Å². The molecule has 2 N–H and O–H groups in total. The zero-order chi connectivity index (χ0) is 15.3.